The molecule has 2 aliphatic rings. The predicted molar refractivity (Wildman–Crippen MR) is 124 cm³/mol. The number of para-hydroxylation sites is 1. The Bertz CT molecular complexity index is 1130. The van der Waals surface area contributed by atoms with Gasteiger partial charge in [0.1, 0.15) is 10.7 Å². The summed E-state index contributed by atoms with van der Waals surface area (Å²) in [5, 5.41) is 2.78. The quantitative estimate of drug-likeness (QED) is 0.710. The van der Waals surface area contributed by atoms with Crippen molar-refractivity contribution in [1.82, 2.24) is 9.21 Å². The van der Waals surface area contributed by atoms with Crippen molar-refractivity contribution in [3.63, 3.8) is 0 Å². The summed E-state index contributed by atoms with van der Waals surface area (Å²) in [5.41, 5.74) is 1.57. The highest BCUT2D eigenvalue weighted by Gasteiger charge is 2.32. The number of carbonyl (C=O) groups is 2. The fraction of sp³-hybridized carbons (Fsp3) is 0.455. The molecule has 2 amide bonds. The fourth-order valence-corrected chi connectivity index (χ4v) is 6.61. The lowest BCUT2D eigenvalue weighted by atomic mass is 10.1. The van der Waals surface area contributed by atoms with Crippen molar-refractivity contribution in [2.45, 2.75) is 31.6 Å². The van der Waals surface area contributed by atoms with Gasteiger partial charge in [-0.25, -0.2) is 8.42 Å². The molecule has 8 nitrogen and oxygen atoms in total. The van der Waals surface area contributed by atoms with E-state index in [9.17, 15) is 18.0 Å². The van der Waals surface area contributed by atoms with Gasteiger partial charge in [-0.2, -0.15) is 16.1 Å². The smallest absolute Gasteiger partial charge is 0.291 e. The average molecular weight is 478 g/mol. The zero-order chi connectivity index (χ0) is 22.9. The number of carbonyl (C=O) groups excluding carboxylic acids is 2. The normalized spacial score (nSPS) is 17.5. The average Bonchev–Trinajstić information content (AvgIpc) is 3.46. The van der Waals surface area contributed by atoms with Crippen LogP contribution >= 0.6 is 11.8 Å². The number of nitrogens with zero attached hydrogens (tertiary/aromatic N) is 2. The number of thioether (sulfide) groups is 1. The highest BCUT2D eigenvalue weighted by molar-refractivity contribution is 7.99. The van der Waals surface area contributed by atoms with E-state index in [1.165, 1.54) is 17.3 Å². The zero-order valence-electron chi connectivity index (χ0n) is 18.2. The summed E-state index contributed by atoms with van der Waals surface area (Å²) in [7, 11) is -3.70. The predicted octanol–water partition coefficient (Wildman–Crippen LogP) is 3.12. The Morgan fingerprint density at radius 1 is 1.06 bits per heavy atom. The van der Waals surface area contributed by atoms with Crippen molar-refractivity contribution in [2.75, 3.05) is 43.0 Å². The maximum atomic E-state index is 13.1. The molecule has 2 saturated heterocycles. The summed E-state index contributed by atoms with van der Waals surface area (Å²) >= 11 is 1.81. The number of amides is 2. The minimum atomic E-state index is -3.70. The molecule has 0 bridgehead atoms. The number of anilines is 1. The first-order chi connectivity index (χ1) is 15.3. The van der Waals surface area contributed by atoms with Gasteiger partial charge < -0.3 is 14.6 Å². The van der Waals surface area contributed by atoms with E-state index in [0.717, 1.165) is 29.9 Å². The maximum absolute atomic E-state index is 13.1. The molecule has 3 heterocycles. The minimum Gasteiger partial charge on any atom is -0.455 e. The molecule has 1 aromatic heterocycles. The molecule has 1 N–H and O–H groups in total. The Labute approximate surface area is 192 Å². The molecule has 1 aromatic carbocycles. The van der Waals surface area contributed by atoms with Crippen LogP contribution in [0.3, 0.4) is 0 Å². The number of nitrogens with one attached hydrogen (secondary N) is 1. The number of rotatable bonds is 5. The molecule has 172 valence electrons. The van der Waals surface area contributed by atoms with E-state index in [1.807, 2.05) is 24.8 Å². The van der Waals surface area contributed by atoms with E-state index in [2.05, 4.69) is 5.32 Å². The SMILES string of the molecule is Cc1cccc(C(=O)N2CCSCC2)c1NC(=O)c1cc(S(=O)(=O)N2CCCC2)c(C)o1. The van der Waals surface area contributed by atoms with Gasteiger partial charge in [0, 0.05) is 43.8 Å². The topological polar surface area (TPSA) is 99.9 Å². The standard InChI is InChI=1S/C22H27N3O5S2/c1-15-6-5-7-17(22(27)24-10-12-31-13-11-24)20(15)23-21(26)18-14-19(16(2)30-18)32(28,29)25-8-3-4-9-25/h5-7,14H,3-4,8-13H2,1-2H3,(H,23,26). The molecular formula is C22H27N3O5S2. The van der Waals surface area contributed by atoms with Gasteiger partial charge in [0.05, 0.1) is 11.3 Å². The van der Waals surface area contributed by atoms with Crippen LogP contribution in [0.25, 0.3) is 0 Å². The number of sulfonamides is 1. The van der Waals surface area contributed by atoms with Crippen molar-refractivity contribution < 1.29 is 22.4 Å². The summed E-state index contributed by atoms with van der Waals surface area (Å²) in [5.74, 6) is 1.13. The Balaban J connectivity index is 1.59. The third kappa shape index (κ3) is 4.44. The third-order valence-electron chi connectivity index (χ3n) is 5.82. The molecule has 2 aromatic rings. The Morgan fingerprint density at radius 3 is 2.44 bits per heavy atom. The molecule has 32 heavy (non-hydrogen) atoms. The van der Waals surface area contributed by atoms with Crippen LogP contribution in [0.1, 0.15) is 45.1 Å². The van der Waals surface area contributed by atoms with Gasteiger partial charge in [-0.05, 0) is 38.3 Å². The first-order valence-corrected chi connectivity index (χ1v) is 13.3. The molecule has 10 heteroatoms. The van der Waals surface area contributed by atoms with E-state index < -0.39 is 15.9 Å². The summed E-state index contributed by atoms with van der Waals surface area (Å²) in [6, 6.07) is 6.58. The van der Waals surface area contributed by atoms with E-state index in [4.69, 9.17) is 4.42 Å². The molecule has 0 saturated carbocycles. The van der Waals surface area contributed by atoms with Crippen LogP contribution in [0.5, 0.6) is 0 Å². The number of benzene rings is 1. The Hall–Kier alpha value is -2.30. The highest BCUT2D eigenvalue weighted by atomic mass is 32.2. The van der Waals surface area contributed by atoms with Gasteiger partial charge in [0.25, 0.3) is 11.8 Å². The lowest BCUT2D eigenvalue weighted by molar-refractivity contribution is 0.0773. The largest absolute Gasteiger partial charge is 0.455 e. The third-order valence-corrected chi connectivity index (χ3v) is 8.77. The van der Waals surface area contributed by atoms with Gasteiger partial charge in [-0.1, -0.05) is 12.1 Å². The molecule has 4 rings (SSSR count). The van der Waals surface area contributed by atoms with Crippen molar-refractivity contribution in [2.24, 2.45) is 0 Å². The van der Waals surface area contributed by atoms with Gasteiger partial charge >= 0.3 is 0 Å². The van der Waals surface area contributed by atoms with Crippen LogP contribution in [0.15, 0.2) is 33.6 Å². The lowest BCUT2D eigenvalue weighted by Gasteiger charge is -2.27. The maximum Gasteiger partial charge on any atom is 0.291 e. The highest BCUT2D eigenvalue weighted by Crippen LogP contribution is 2.28. The molecule has 2 fully saturated rings. The van der Waals surface area contributed by atoms with Crippen LogP contribution in [0, 0.1) is 13.8 Å². The van der Waals surface area contributed by atoms with Gasteiger partial charge in [0.15, 0.2) is 5.76 Å². The van der Waals surface area contributed by atoms with E-state index >= 15 is 0 Å². The minimum absolute atomic E-state index is 0.0106. The number of hydrogen-bond donors (Lipinski definition) is 1. The second-order valence-electron chi connectivity index (χ2n) is 8.00. The van der Waals surface area contributed by atoms with Gasteiger partial charge in [-0.15, -0.1) is 0 Å². The van der Waals surface area contributed by atoms with Crippen molar-refractivity contribution in [1.29, 1.82) is 0 Å². The van der Waals surface area contributed by atoms with E-state index in [-0.39, 0.29) is 22.3 Å². The first-order valence-electron chi connectivity index (χ1n) is 10.7. The second-order valence-corrected chi connectivity index (χ2v) is 11.1. The van der Waals surface area contributed by atoms with E-state index in [1.54, 1.807) is 17.0 Å². The van der Waals surface area contributed by atoms with Crippen molar-refractivity contribution >= 4 is 39.3 Å². The van der Waals surface area contributed by atoms with Crippen LogP contribution in [0.4, 0.5) is 5.69 Å². The van der Waals surface area contributed by atoms with Crippen LogP contribution in [0.2, 0.25) is 0 Å². The summed E-state index contributed by atoms with van der Waals surface area (Å²) in [6.45, 7) is 5.63. The molecule has 0 radical (unpaired) electrons. The monoisotopic (exact) mass is 477 g/mol. The number of furan rings is 1. The molecular weight excluding hydrogens is 450 g/mol. The summed E-state index contributed by atoms with van der Waals surface area (Å²) in [4.78, 5) is 27.9. The van der Waals surface area contributed by atoms with E-state index in [0.29, 0.717) is 37.4 Å². The van der Waals surface area contributed by atoms with Gasteiger partial charge in [-0.3, -0.25) is 9.59 Å². The molecule has 0 unspecified atom stereocenters. The lowest BCUT2D eigenvalue weighted by Crippen LogP contribution is -2.38. The number of aryl methyl sites for hydroxylation is 2. The van der Waals surface area contributed by atoms with Crippen LogP contribution < -0.4 is 5.32 Å². The first kappa shape index (κ1) is 22.9. The Morgan fingerprint density at radius 2 is 1.75 bits per heavy atom. The van der Waals surface area contributed by atoms with Gasteiger partial charge in [0.2, 0.25) is 10.0 Å². The molecule has 0 atom stereocenters. The number of hydrogen-bond acceptors (Lipinski definition) is 6. The van der Waals surface area contributed by atoms with Crippen LogP contribution in [-0.4, -0.2) is 67.1 Å². The zero-order valence-corrected chi connectivity index (χ0v) is 19.9. The molecule has 2 aliphatic heterocycles. The summed E-state index contributed by atoms with van der Waals surface area (Å²) < 4.78 is 32.8. The molecule has 0 spiro atoms. The van der Waals surface area contributed by atoms with Crippen molar-refractivity contribution in [3.8, 4) is 0 Å². The van der Waals surface area contributed by atoms with Crippen LogP contribution in [-0.2, 0) is 10.0 Å². The summed E-state index contributed by atoms with van der Waals surface area (Å²) in [6.07, 6.45) is 1.65. The fourth-order valence-electron chi connectivity index (χ4n) is 4.02. The Kier molecular flexibility index (Phi) is 6.64. The van der Waals surface area contributed by atoms with Crippen molar-refractivity contribution in [3.05, 3.63) is 46.9 Å². The second kappa shape index (κ2) is 9.29. The molecule has 0 aliphatic carbocycles.